The number of nitrogens with zero attached hydrogens (tertiary/aromatic N) is 1. The topological polar surface area (TPSA) is 50.4 Å². The lowest BCUT2D eigenvalue weighted by molar-refractivity contribution is 0.530. The normalized spacial score (nSPS) is 11.0. The van der Waals surface area contributed by atoms with Crippen molar-refractivity contribution >= 4 is 17.5 Å². The minimum absolute atomic E-state index is 0.749. The predicted molar refractivity (Wildman–Crippen MR) is 131 cm³/mol. The average molecular weight is 388 g/mol. The molecule has 0 spiro atoms. The molecule has 0 amide bonds. The lowest BCUT2D eigenvalue weighted by Crippen LogP contribution is -2.17. The fraction of sp³-hybridized carbons (Fsp3) is 0.560. The molecular weight excluding hydrogens is 342 g/mol. The molecule has 3 N–H and O–H groups in total. The van der Waals surface area contributed by atoms with Gasteiger partial charge in [-0.3, -0.25) is 4.99 Å². The molecule has 0 saturated carbocycles. The number of anilines is 1. The number of nitrogens with two attached hydrogens (primary N) is 1. The lowest BCUT2D eigenvalue weighted by atomic mass is 9.97. The quantitative estimate of drug-likeness (QED) is 0.215. The van der Waals surface area contributed by atoms with Crippen molar-refractivity contribution in [2.45, 2.75) is 67.7 Å². The molecule has 0 fully saturated rings. The number of aryl methyl sites for hydroxylation is 1. The zero-order valence-electron chi connectivity index (χ0n) is 19.7. The van der Waals surface area contributed by atoms with Gasteiger partial charge >= 0.3 is 0 Å². The fourth-order valence-electron chi connectivity index (χ4n) is 2.37. The predicted octanol–water partition coefficient (Wildman–Crippen LogP) is 6.69. The monoisotopic (exact) mass is 387 g/mol. The first-order valence-electron chi connectivity index (χ1n) is 10.7. The van der Waals surface area contributed by atoms with Gasteiger partial charge in [0.15, 0.2) is 0 Å². The van der Waals surface area contributed by atoms with Gasteiger partial charge in [-0.2, -0.15) is 0 Å². The van der Waals surface area contributed by atoms with Crippen LogP contribution in [0.3, 0.4) is 0 Å². The summed E-state index contributed by atoms with van der Waals surface area (Å²) in [5, 5.41) is 3.42. The van der Waals surface area contributed by atoms with E-state index in [1.165, 1.54) is 37.9 Å². The zero-order chi connectivity index (χ0) is 21.9. The number of nitrogens with one attached hydrogen (secondary N) is 1. The Kier molecular flexibility index (Phi) is 18.7. The number of aliphatic imine (C=N–C) groups is 1. The summed E-state index contributed by atoms with van der Waals surface area (Å²) in [6, 6.07) is 5.95. The second-order valence-electron chi connectivity index (χ2n) is 6.99. The van der Waals surface area contributed by atoms with Gasteiger partial charge in [0, 0.05) is 24.5 Å². The van der Waals surface area contributed by atoms with Crippen LogP contribution in [-0.4, -0.2) is 26.4 Å². The summed E-state index contributed by atoms with van der Waals surface area (Å²) in [6.07, 6.45) is 7.71. The van der Waals surface area contributed by atoms with Gasteiger partial charge in [-0.05, 0) is 69.0 Å². The summed E-state index contributed by atoms with van der Waals surface area (Å²) >= 11 is 0. The Labute approximate surface area is 175 Å². The highest BCUT2D eigenvalue weighted by Gasteiger charge is 2.06. The van der Waals surface area contributed by atoms with Crippen molar-refractivity contribution in [3.05, 3.63) is 47.6 Å². The Morgan fingerprint density at radius 1 is 1.25 bits per heavy atom. The highest BCUT2D eigenvalue weighted by atomic mass is 14.8. The molecule has 3 heteroatoms. The molecule has 0 saturated heterocycles. The van der Waals surface area contributed by atoms with Gasteiger partial charge in [-0.25, -0.2) is 0 Å². The van der Waals surface area contributed by atoms with Crippen LogP contribution in [0.5, 0.6) is 0 Å². The molecule has 1 rings (SSSR count). The van der Waals surface area contributed by atoms with E-state index in [0.29, 0.717) is 0 Å². The number of hydrogen-bond donors (Lipinski definition) is 2. The summed E-state index contributed by atoms with van der Waals surface area (Å²) in [5.41, 5.74) is 10.8. The van der Waals surface area contributed by atoms with Crippen LogP contribution in [0.15, 0.2) is 41.4 Å². The Balaban J connectivity index is 0. The minimum Gasteiger partial charge on any atom is -0.398 e. The number of rotatable bonds is 9. The maximum atomic E-state index is 5.95. The van der Waals surface area contributed by atoms with E-state index in [1.54, 1.807) is 13.3 Å². The molecule has 0 aromatic heterocycles. The Morgan fingerprint density at radius 2 is 1.89 bits per heavy atom. The van der Waals surface area contributed by atoms with E-state index in [0.717, 1.165) is 28.3 Å². The van der Waals surface area contributed by atoms with Gasteiger partial charge in [-0.1, -0.05) is 65.3 Å². The van der Waals surface area contributed by atoms with E-state index in [1.807, 2.05) is 52.0 Å². The number of allylic oxidation sites excluding steroid dienone is 3. The molecule has 3 nitrogen and oxygen atoms in total. The molecule has 0 aliphatic heterocycles. The molecule has 0 heterocycles. The van der Waals surface area contributed by atoms with Crippen LogP contribution in [0.2, 0.25) is 0 Å². The van der Waals surface area contributed by atoms with E-state index in [9.17, 15) is 0 Å². The second kappa shape index (κ2) is 18.5. The lowest BCUT2D eigenvalue weighted by Gasteiger charge is -2.10. The third kappa shape index (κ3) is 13.3. The zero-order valence-corrected chi connectivity index (χ0v) is 19.7. The van der Waals surface area contributed by atoms with Crippen LogP contribution in [-0.2, 0) is 0 Å². The molecule has 0 radical (unpaired) electrons. The highest BCUT2D eigenvalue weighted by Crippen LogP contribution is 2.26. The molecule has 0 unspecified atom stereocenters. The van der Waals surface area contributed by atoms with Gasteiger partial charge < -0.3 is 11.1 Å². The van der Waals surface area contributed by atoms with Crippen LogP contribution in [0.25, 0.3) is 5.57 Å². The molecule has 1 aromatic carbocycles. The Morgan fingerprint density at radius 3 is 2.39 bits per heavy atom. The molecule has 0 bridgehead atoms. The van der Waals surface area contributed by atoms with Crippen LogP contribution >= 0.6 is 0 Å². The van der Waals surface area contributed by atoms with E-state index < -0.39 is 0 Å². The van der Waals surface area contributed by atoms with Gasteiger partial charge in [0.05, 0.1) is 0 Å². The number of hydrogen-bond acceptors (Lipinski definition) is 3. The van der Waals surface area contributed by atoms with E-state index in [-0.39, 0.29) is 0 Å². The third-order valence-electron chi connectivity index (χ3n) is 4.07. The molecule has 0 atom stereocenters. The number of nitrogen functional groups attached to an aromatic ring is 1. The summed E-state index contributed by atoms with van der Waals surface area (Å²) in [5.74, 6) is 0.842. The Hall–Kier alpha value is -1.87. The number of benzene rings is 1. The van der Waals surface area contributed by atoms with Gasteiger partial charge in [0.1, 0.15) is 0 Å². The van der Waals surface area contributed by atoms with Gasteiger partial charge in [-0.15, -0.1) is 0 Å². The molecule has 0 aliphatic carbocycles. The van der Waals surface area contributed by atoms with Crippen molar-refractivity contribution in [1.82, 2.24) is 5.32 Å². The van der Waals surface area contributed by atoms with Crippen molar-refractivity contribution in [1.29, 1.82) is 0 Å². The summed E-state index contributed by atoms with van der Waals surface area (Å²) in [4.78, 5) is 4.01. The molecule has 0 aliphatic rings. The minimum atomic E-state index is 0.749. The van der Waals surface area contributed by atoms with Crippen LogP contribution in [0.1, 0.15) is 71.9 Å². The highest BCUT2D eigenvalue weighted by molar-refractivity contribution is 6.01. The van der Waals surface area contributed by atoms with Crippen molar-refractivity contribution in [3.63, 3.8) is 0 Å². The maximum Gasteiger partial charge on any atom is 0.0393 e. The first-order chi connectivity index (χ1) is 13.4. The first-order valence-corrected chi connectivity index (χ1v) is 10.7. The van der Waals surface area contributed by atoms with Crippen LogP contribution in [0.4, 0.5) is 5.69 Å². The van der Waals surface area contributed by atoms with Gasteiger partial charge in [0.25, 0.3) is 0 Å². The summed E-state index contributed by atoms with van der Waals surface area (Å²) in [6.45, 7) is 21.2. The third-order valence-corrected chi connectivity index (χ3v) is 4.07. The molecule has 160 valence electrons. The van der Waals surface area contributed by atoms with Crippen molar-refractivity contribution < 1.29 is 0 Å². The van der Waals surface area contributed by atoms with E-state index in [2.05, 4.69) is 37.7 Å². The summed E-state index contributed by atoms with van der Waals surface area (Å²) < 4.78 is 0. The SMILES string of the molecule is C=C(/C(C=NC)=C/C)c1cc(C)ccc1N.CC.CCCCNCCC(C)C. The largest absolute Gasteiger partial charge is 0.398 e. The van der Waals surface area contributed by atoms with E-state index in [4.69, 9.17) is 5.73 Å². The smallest absolute Gasteiger partial charge is 0.0393 e. The molecule has 28 heavy (non-hydrogen) atoms. The van der Waals surface area contributed by atoms with Crippen molar-refractivity contribution in [2.24, 2.45) is 10.9 Å². The number of unbranched alkanes of at least 4 members (excludes halogenated alkanes) is 1. The van der Waals surface area contributed by atoms with Crippen LogP contribution < -0.4 is 11.1 Å². The van der Waals surface area contributed by atoms with E-state index >= 15 is 0 Å². The molecule has 1 aromatic rings. The maximum absolute atomic E-state index is 5.95. The summed E-state index contributed by atoms with van der Waals surface area (Å²) in [7, 11) is 1.75. The Bertz CT molecular complexity index is 583. The standard InChI is InChI=1S/C14H18N2.C9H21N.C2H6/c1-5-12(9-16-4)11(3)13-8-10(2)6-7-14(13)15;1-4-5-7-10-8-6-9(2)3;1-2/h5-9H,3,15H2,1-2,4H3;9-10H,4-8H2,1-3H3;1-2H3/b12-5+,16-9?;;. The fourth-order valence-corrected chi connectivity index (χ4v) is 2.37. The second-order valence-corrected chi connectivity index (χ2v) is 6.99. The van der Waals surface area contributed by atoms with Crippen molar-refractivity contribution in [3.8, 4) is 0 Å². The van der Waals surface area contributed by atoms with Crippen molar-refractivity contribution in [2.75, 3.05) is 25.9 Å². The first kappa shape index (κ1) is 28.3. The molecular formula is C25H45N3. The van der Waals surface area contributed by atoms with Crippen LogP contribution in [0, 0.1) is 12.8 Å². The average Bonchev–Trinajstić information content (AvgIpc) is 2.69. The van der Waals surface area contributed by atoms with Gasteiger partial charge in [0.2, 0.25) is 0 Å².